The second-order valence-electron chi connectivity index (χ2n) is 4.54. The Labute approximate surface area is 118 Å². The molecule has 2 unspecified atom stereocenters. The van der Waals surface area contributed by atoms with Crippen molar-refractivity contribution >= 4 is 17.2 Å². The first-order valence-corrected chi connectivity index (χ1v) is 7.38. The molecular weight excluding hydrogens is 264 g/mol. The van der Waals surface area contributed by atoms with E-state index in [1.54, 1.807) is 0 Å². The van der Waals surface area contributed by atoms with Crippen LogP contribution in [0.15, 0.2) is 5.38 Å². The maximum Gasteiger partial charge on any atom is 0.226 e. The van der Waals surface area contributed by atoms with Gasteiger partial charge < -0.3 is 15.2 Å². The Kier molecular flexibility index (Phi) is 6.97. The van der Waals surface area contributed by atoms with E-state index in [1.165, 1.54) is 11.3 Å². The number of hydrogen-bond acceptors (Lipinski definition) is 5. The molecule has 108 valence electrons. The molecular formula is C13H22N2O3S. The molecule has 0 bridgehead atoms. The molecule has 1 amide bonds. The van der Waals surface area contributed by atoms with Crippen LogP contribution < -0.4 is 5.32 Å². The van der Waals surface area contributed by atoms with Crippen molar-refractivity contribution in [3.05, 3.63) is 16.1 Å². The SMILES string of the molecule is CCOC(C)c1nc(CC(=O)NCC(C)CO)cs1. The van der Waals surface area contributed by atoms with Crippen molar-refractivity contribution in [3.8, 4) is 0 Å². The summed E-state index contributed by atoms with van der Waals surface area (Å²) in [6.07, 6.45) is 0.245. The lowest BCUT2D eigenvalue weighted by molar-refractivity contribution is -0.120. The van der Waals surface area contributed by atoms with Crippen LogP contribution in [-0.2, 0) is 16.0 Å². The Hall–Kier alpha value is -0.980. The monoisotopic (exact) mass is 286 g/mol. The van der Waals surface area contributed by atoms with Crippen LogP contribution in [0.25, 0.3) is 0 Å². The van der Waals surface area contributed by atoms with Gasteiger partial charge in [0.2, 0.25) is 5.91 Å². The minimum Gasteiger partial charge on any atom is -0.396 e. The van der Waals surface area contributed by atoms with Crippen LogP contribution in [0.2, 0.25) is 0 Å². The summed E-state index contributed by atoms with van der Waals surface area (Å²) in [6, 6.07) is 0. The first-order chi connectivity index (χ1) is 9.06. The van der Waals surface area contributed by atoms with Gasteiger partial charge in [-0.2, -0.15) is 0 Å². The number of aliphatic hydroxyl groups is 1. The number of aromatic nitrogens is 1. The van der Waals surface area contributed by atoms with E-state index in [0.29, 0.717) is 13.2 Å². The summed E-state index contributed by atoms with van der Waals surface area (Å²) in [5.74, 6) is 0.00846. The molecule has 2 N–H and O–H groups in total. The molecule has 1 aromatic heterocycles. The number of aliphatic hydroxyl groups excluding tert-OH is 1. The molecule has 0 aromatic carbocycles. The summed E-state index contributed by atoms with van der Waals surface area (Å²) in [5.41, 5.74) is 0.765. The van der Waals surface area contributed by atoms with Crippen LogP contribution in [0, 0.1) is 5.92 Å². The number of nitrogens with one attached hydrogen (secondary N) is 1. The molecule has 5 nitrogen and oxygen atoms in total. The van der Waals surface area contributed by atoms with Crippen LogP contribution >= 0.6 is 11.3 Å². The molecule has 0 saturated heterocycles. The van der Waals surface area contributed by atoms with Crippen molar-refractivity contribution in [2.45, 2.75) is 33.3 Å². The average Bonchev–Trinajstić information content (AvgIpc) is 2.84. The van der Waals surface area contributed by atoms with Crippen molar-refractivity contribution in [2.75, 3.05) is 19.8 Å². The third kappa shape index (κ3) is 5.67. The summed E-state index contributed by atoms with van der Waals surface area (Å²) in [7, 11) is 0. The van der Waals surface area contributed by atoms with Crippen molar-refractivity contribution in [1.29, 1.82) is 0 Å². The molecule has 0 spiro atoms. The molecule has 0 saturated carbocycles. The first-order valence-electron chi connectivity index (χ1n) is 6.50. The summed E-state index contributed by atoms with van der Waals surface area (Å²) in [6.45, 7) is 6.99. The zero-order valence-electron chi connectivity index (χ0n) is 11.7. The van der Waals surface area contributed by atoms with Gasteiger partial charge in [0.1, 0.15) is 11.1 Å². The average molecular weight is 286 g/mol. The lowest BCUT2D eigenvalue weighted by Crippen LogP contribution is -2.30. The quantitative estimate of drug-likeness (QED) is 0.760. The first kappa shape index (κ1) is 16.1. The number of ether oxygens (including phenoxy) is 1. The highest BCUT2D eigenvalue weighted by Crippen LogP contribution is 2.21. The standard InChI is InChI=1S/C13H22N2O3S/c1-4-18-10(3)13-15-11(8-19-13)5-12(17)14-6-9(2)7-16/h8-10,16H,4-7H2,1-3H3,(H,14,17). The highest BCUT2D eigenvalue weighted by molar-refractivity contribution is 7.09. The van der Waals surface area contributed by atoms with Gasteiger partial charge in [-0.15, -0.1) is 11.3 Å². The van der Waals surface area contributed by atoms with E-state index >= 15 is 0 Å². The number of carbonyl (C=O) groups is 1. The second kappa shape index (κ2) is 8.24. The normalized spacial score (nSPS) is 14.1. The zero-order chi connectivity index (χ0) is 14.3. The molecule has 2 atom stereocenters. The van der Waals surface area contributed by atoms with Gasteiger partial charge in [-0.05, 0) is 19.8 Å². The Balaban J connectivity index is 2.42. The molecule has 1 rings (SSSR count). The highest BCUT2D eigenvalue weighted by Gasteiger charge is 2.12. The van der Waals surface area contributed by atoms with Gasteiger partial charge in [0.15, 0.2) is 0 Å². The smallest absolute Gasteiger partial charge is 0.226 e. The highest BCUT2D eigenvalue weighted by atomic mass is 32.1. The minimum absolute atomic E-state index is 0.0266. The lowest BCUT2D eigenvalue weighted by atomic mass is 10.2. The zero-order valence-corrected chi connectivity index (χ0v) is 12.5. The fraction of sp³-hybridized carbons (Fsp3) is 0.692. The van der Waals surface area contributed by atoms with Crippen LogP contribution in [0.4, 0.5) is 0 Å². The largest absolute Gasteiger partial charge is 0.396 e. The van der Waals surface area contributed by atoms with E-state index < -0.39 is 0 Å². The molecule has 0 radical (unpaired) electrons. The third-order valence-corrected chi connectivity index (χ3v) is 3.69. The fourth-order valence-corrected chi connectivity index (χ4v) is 2.31. The Bertz CT molecular complexity index is 395. The van der Waals surface area contributed by atoms with E-state index in [1.807, 2.05) is 26.2 Å². The number of carbonyl (C=O) groups excluding carboxylic acids is 1. The van der Waals surface area contributed by atoms with Gasteiger partial charge in [-0.3, -0.25) is 4.79 Å². The second-order valence-corrected chi connectivity index (χ2v) is 5.43. The number of nitrogens with zero attached hydrogens (tertiary/aromatic N) is 1. The summed E-state index contributed by atoms with van der Waals surface area (Å²) in [5, 5.41) is 14.4. The van der Waals surface area contributed by atoms with Crippen LogP contribution in [0.1, 0.15) is 37.6 Å². The maximum absolute atomic E-state index is 11.7. The van der Waals surface area contributed by atoms with E-state index in [0.717, 1.165) is 10.7 Å². The summed E-state index contributed by atoms with van der Waals surface area (Å²) in [4.78, 5) is 16.1. The Morgan fingerprint density at radius 3 is 2.95 bits per heavy atom. The number of thiazole rings is 1. The van der Waals surface area contributed by atoms with E-state index in [2.05, 4.69) is 10.3 Å². The predicted octanol–water partition coefficient (Wildman–Crippen LogP) is 1.53. The number of hydrogen-bond donors (Lipinski definition) is 2. The van der Waals surface area contributed by atoms with E-state index in [9.17, 15) is 4.79 Å². The number of rotatable bonds is 8. The summed E-state index contributed by atoms with van der Waals surface area (Å²) >= 11 is 1.51. The van der Waals surface area contributed by atoms with Gasteiger partial charge in [-0.25, -0.2) is 4.98 Å². The van der Waals surface area contributed by atoms with Crippen molar-refractivity contribution in [1.82, 2.24) is 10.3 Å². The maximum atomic E-state index is 11.7. The molecule has 1 heterocycles. The van der Waals surface area contributed by atoms with Gasteiger partial charge in [0.05, 0.1) is 12.1 Å². The Morgan fingerprint density at radius 2 is 2.32 bits per heavy atom. The number of amides is 1. The fourth-order valence-electron chi connectivity index (χ4n) is 1.49. The van der Waals surface area contributed by atoms with Gasteiger partial charge in [0, 0.05) is 25.1 Å². The van der Waals surface area contributed by atoms with Gasteiger partial charge in [-0.1, -0.05) is 6.92 Å². The molecule has 19 heavy (non-hydrogen) atoms. The van der Waals surface area contributed by atoms with Gasteiger partial charge >= 0.3 is 0 Å². The molecule has 6 heteroatoms. The predicted molar refractivity (Wildman–Crippen MR) is 75.1 cm³/mol. The van der Waals surface area contributed by atoms with Crippen LogP contribution in [-0.4, -0.2) is 35.8 Å². The molecule has 0 aliphatic heterocycles. The molecule has 1 aromatic rings. The topological polar surface area (TPSA) is 71.5 Å². The van der Waals surface area contributed by atoms with Crippen molar-refractivity contribution in [2.24, 2.45) is 5.92 Å². The lowest BCUT2D eigenvalue weighted by Gasteiger charge is -2.09. The minimum atomic E-state index is -0.0683. The van der Waals surface area contributed by atoms with Crippen LogP contribution in [0.3, 0.4) is 0 Å². The van der Waals surface area contributed by atoms with Crippen molar-refractivity contribution < 1.29 is 14.6 Å². The Morgan fingerprint density at radius 1 is 1.58 bits per heavy atom. The van der Waals surface area contributed by atoms with Crippen LogP contribution in [0.5, 0.6) is 0 Å². The summed E-state index contributed by atoms with van der Waals surface area (Å²) < 4.78 is 5.46. The van der Waals surface area contributed by atoms with Crippen molar-refractivity contribution in [3.63, 3.8) is 0 Å². The molecule has 0 aliphatic rings. The van der Waals surface area contributed by atoms with Gasteiger partial charge in [0.25, 0.3) is 0 Å². The van der Waals surface area contributed by atoms with E-state index in [4.69, 9.17) is 9.84 Å². The molecule has 0 fully saturated rings. The van der Waals surface area contributed by atoms with E-state index in [-0.39, 0.29) is 31.0 Å². The molecule has 0 aliphatic carbocycles. The third-order valence-electron chi connectivity index (χ3n) is 2.63.